The van der Waals surface area contributed by atoms with Crippen molar-refractivity contribution in [3.8, 4) is 0 Å². The number of benzene rings is 1. The molecular formula is C13H16N2O3. The van der Waals surface area contributed by atoms with E-state index in [1.54, 1.807) is 7.05 Å². The van der Waals surface area contributed by atoms with Crippen molar-refractivity contribution in [1.82, 2.24) is 0 Å². The minimum Gasteiger partial charge on any atom is -0.481 e. The number of hydrogen-bond donors (Lipinski definition) is 2. The van der Waals surface area contributed by atoms with Gasteiger partial charge in [-0.15, -0.1) is 0 Å². The molecule has 1 aliphatic heterocycles. The van der Waals surface area contributed by atoms with Gasteiger partial charge in [-0.05, 0) is 31.0 Å². The molecule has 96 valence electrons. The molecule has 1 aliphatic rings. The number of nitrogens with one attached hydrogen (secondary N) is 1. The number of carboxylic acids is 1. The monoisotopic (exact) mass is 248 g/mol. The summed E-state index contributed by atoms with van der Waals surface area (Å²) in [6, 6.07) is 3.14. The third-order valence-corrected chi connectivity index (χ3v) is 3.40. The lowest BCUT2D eigenvalue weighted by Crippen LogP contribution is -2.46. The molecular weight excluding hydrogens is 232 g/mol. The number of hydrogen-bond acceptors (Lipinski definition) is 3. The van der Waals surface area contributed by atoms with Crippen molar-refractivity contribution < 1.29 is 14.7 Å². The Bertz CT molecular complexity index is 525. The maximum atomic E-state index is 12.0. The Balaban J connectivity index is 2.45. The number of anilines is 2. The van der Waals surface area contributed by atoms with E-state index in [1.807, 2.05) is 26.0 Å². The molecule has 0 radical (unpaired) electrons. The number of aryl methyl sites for hydroxylation is 1. The SMILES string of the molecule is Cc1ccc2c(c1C)NC(CC(=O)O)C(=O)N2C. The lowest BCUT2D eigenvalue weighted by Gasteiger charge is -2.33. The smallest absolute Gasteiger partial charge is 0.305 e. The van der Waals surface area contributed by atoms with E-state index in [-0.39, 0.29) is 12.3 Å². The van der Waals surface area contributed by atoms with Crippen molar-refractivity contribution in [1.29, 1.82) is 0 Å². The Morgan fingerprint density at radius 2 is 2.11 bits per heavy atom. The molecule has 1 unspecified atom stereocenters. The van der Waals surface area contributed by atoms with Crippen molar-refractivity contribution >= 4 is 23.3 Å². The zero-order valence-electron chi connectivity index (χ0n) is 10.7. The van der Waals surface area contributed by atoms with Gasteiger partial charge in [-0.25, -0.2) is 0 Å². The number of carbonyl (C=O) groups excluding carboxylic acids is 1. The van der Waals surface area contributed by atoms with Gasteiger partial charge in [0, 0.05) is 7.05 Å². The van der Waals surface area contributed by atoms with Crippen LogP contribution in [0.1, 0.15) is 17.5 Å². The minimum absolute atomic E-state index is 0.212. The van der Waals surface area contributed by atoms with Gasteiger partial charge in [0.2, 0.25) is 5.91 Å². The van der Waals surface area contributed by atoms with Gasteiger partial charge in [-0.2, -0.15) is 0 Å². The van der Waals surface area contributed by atoms with Crippen molar-refractivity contribution in [2.24, 2.45) is 0 Å². The lowest BCUT2D eigenvalue weighted by molar-refractivity contribution is -0.138. The number of amides is 1. The third kappa shape index (κ3) is 1.92. The highest BCUT2D eigenvalue weighted by Crippen LogP contribution is 2.35. The summed E-state index contributed by atoms with van der Waals surface area (Å²) in [5.74, 6) is -1.20. The molecule has 1 aromatic rings. The van der Waals surface area contributed by atoms with Crippen LogP contribution in [-0.2, 0) is 9.59 Å². The predicted octanol–water partition coefficient (Wildman–Crippen LogP) is 1.54. The van der Waals surface area contributed by atoms with Gasteiger partial charge in [0.05, 0.1) is 17.8 Å². The summed E-state index contributed by atoms with van der Waals surface area (Å²) in [7, 11) is 1.67. The number of carbonyl (C=O) groups is 2. The van der Waals surface area contributed by atoms with Crippen LogP contribution in [0.2, 0.25) is 0 Å². The Hall–Kier alpha value is -2.04. The maximum absolute atomic E-state index is 12.0. The molecule has 0 saturated carbocycles. The van der Waals surface area contributed by atoms with Gasteiger partial charge in [0.25, 0.3) is 0 Å². The summed E-state index contributed by atoms with van der Waals surface area (Å²) in [6.07, 6.45) is -0.212. The van der Waals surface area contributed by atoms with Crippen LogP contribution < -0.4 is 10.2 Å². The van der Waals surface area contributed by atoms with Crippen LogP contribution in [0.25, 0.3) is 0 Å². The number of rotatable bonds is 2. The molecule has 0 spiro atoms. The van der Waals surface area contributed by atoms with E-state index >= 15 is 0 Å². The highest BCUT2D eigenvalue weighted by Gasteiger charge is 2.32. The summed E-state index contributed by atoms with van der Waals surface area (Å²) >= 11 is 0. The molecule has 1 heterocycles. The molecule has 0 bridgehead atoms. The third-order valence-electron chi connectivity index (χ3n) is 3.40. The predicted molar refractivity (Wildman–Crippen MR) is 69.0 cm³/mol. The first-order chi connectivity index (χ1) is 8.41. The van der Waals surface area contributed by atoms with E-state index in [4.69, 9.17) is 5.11 Å². The molecule has 0 aromatic heterocycles. The number of aliphatic carboxylic acids is 1. The molecule has 0 saturated heterocycles. The van der Waals surface area contributed by atoms with Crippen molar-refractivity contribution in [3.63, 3.8) is 0 Å². The first kappa shape index (κ1) is 12.4. The fourth-order valence-electron chi connectivity index (χ4n) is 2.16. The molecule has 18 heavy (non-hydrogen) atoms. The topological polar surface area (TPSA) is 69.6 Å². The summed E-state index contributed by atoms with van der Waals surface area (Å²) < 4.78 is 0. The summed E-state index contributed by atoms with van der Waals surface area (Å²) in [4.78, 5) is 24.3. The normalized spacial score (nSPS) is 18.3. The van der Waals surface area contributed by atoms with Gasteiger partial charge in [0.1, 0.15) is 6.04 Å². The molecule has 2 rings (SSSR count). The molecule has 1 atom stereocenters. The highest BCUT2D eigenvalue weighted by atomic mass is 16.4. The zero-order chi connectivity index (χ0) is 13.4. The van der Waals surface area contributed by atoms with Crippen LogP contribution in [0.3, 0.4) is 0 Å². The van der Waals surface area contributed by atoms with Crippen molar-refractivity contribution in [2.75, 3.05) is 17.3 Å². The summed E-state index contributed by atoms with van der Waals surface area (Å²) in [5, 5.41) is 11.9. The second-order valence-electron chi connectivity index (χ2n) is 4.59. The second kappa shape index (κ2) is 4.33. The van der Waals surface area contributed by atoms with Gasteiger partial charge >= 0.3 is 5.97 Å². The molecule has 5 heteroatoms. The number of nitrogens with zero attached hydrogens (tertiary/aromatic N) is 1. The molecule has 0 fully saturated rings. The Kier molecular flexibility index (Phi) is 2.98. The van der Waals surface area contributed by atoms with Crippen LogP contribution in [0.4, 0.5) is 11.4 Å². The van der Waals surface area contributed by atoms with Gasteiger partial charge in [0.15, 0.2) is 0 Å². The molecule has 5 nitrogen and oxygen atoms in total. The lowest BCUT2D eigenvalue weighted by atomic mass is 10.0. The standard InChI is InChI=1S/C13H16N2O3/c1-7-4-5-10-12(8(7)2)14-9(6-11(16)17)13(18)15(10)3/h4-5,9,14H,6H2,1-3H3,(H,16,17). The number of fused-ring (bicyclic) bond motifs is 1. The minimum atomic E-state index is -0.983. The molecule has 1 amide bonds. The van der Waals surface area contributed by atoms with Crippen LogP contribution in [0, 0.1) is 13.8 Å². The average Bonchev–Trinajstić information content (AvgIpc) is 2.30. The van der Waals surface area contributed by atoms with Crippen molar-refractivity contribution in [2.45, 2.75) is 26.3 Å². The van der Waals surface area contributed by atoms with Crippen LogP contribution in [0.15, 0.2) is 12.1 Å². The van der Waals surface area contributed by atoms with E-state index in [0.29, 0.717) is 0 Å². The first-order valence-electron chi connectivity index (χ1n) is 5.78. The molecule has 2 N–H and O–H groups in total. The Labute approximate surface area is 105 Å². The average molecular weight is 248 g/mol. The first-order valence-corrected chi connectivity index (χ1v) is 5.78. The largest absolute Gasteiger partial charge is 0.481 e. The zero-order valence-corrected chi connectivity index (χ0v) is 10.7. The fraction of sp³-hybridized carbons (Fsp3) is 0.385. The summed E-state index contributed by atoms with van der Waals surface area (Å²) in [6.45, 7) is 3.95. The molecule has 0 aliphatic carbocycles. The van der Waals surface area contributed by atoms with E-state index < -0.39 is 12.0 Å². The highest BCUT2D eigenvalue weighted by molar-refractivity contribution is 6.06. The van der Waals surface area contributed by atoms with Crippen LogP contribution in [-0.4, -0.2) is 30.1 Å². The van der Waals surface area contributed by atoms with Crippen LogP contribution in [0.5, 0.6) is 0 Å². The van der Waals surface area contributed by atoms with Gasteiger partial charge < -0.3 is 15.3 Å². The Morgan fingerprint density at radius 1 is 1.44 bits per heavy atom. The van der Waals surface area contributed by atoms with E-state index in [9.17, 15) is 9.59 Å². The number of carboxylic acid groups (broad SMARTS) is 1. The van der Waals surface area contributed by atoms with Gasteiger partial charge in [-0.1, -0.05) is 6.07 Å². The van der Waals surface area contributed by atoms with E-state index in [2.05, 4.69) is 5.32 Å². The van der Waals surface area contributed by atoms with Crippen LogP contribution >= 0.6 is 0 Å². The van der Waals surface area contributed by atoms with Crippen molar-refractivity contribution in [3.05, 3.63) is 23.3 Å². The van der Waals surface area contributed by atoms with E-state index in [1.165, 1.54) is 4.90 Å². The van der Waals surface area contributed by atoms with E-state index in [0.717, 1.165) is 22.5 Å². The Morgan fingerprint density at radius 3 is 2.72 bits per heavy atom. The fourth-order valence-corrected chi connectivity index (χ4v) is 2.16. The quantitative estimate of drug-likeness (QED) is 0.832. The second-order valence-corrected chi connectivity index (χ2v) is 4.59. The number of likely N-dealkylation sites (N-methyl/N-ethyl adjacent to an activating group) is 1. The summed E-state index contributed by atoms with van der Waals surface area (Å²) in [5.41, 5.74) is 3.80. The maximum Gasteiger partial charge on any atom is 0.305 e. The van der Waals surface area contributed by atoms with Gasteiger partial charge in [-0.3, -0.25) is 9.59 Å². The molecule has 1 aromatic carbocycles.